The third-order valence-corrected chi connectivity index (χ3v) is 4.22. The summed E-state index contributed by atoms with van der Waals surface area (Å²) in [7, 11) is 2.97. The van der Waals surface area contributed by atoms with Crippen LogP contribution < -0.4 is 5.32 Å². The Bertz CT molecular complexity index is 796. The molecule has 0 radical (unpaired) electrons. The summed E-state index contributed by atoms with van der Waals surface area (Å²) in [6.07, 6.45) is 2.27. The van der Waals surface area contributed by atoms with Crippen molar-refractivity contribution in [3.8, 4) is 0 Å². The lowest BCUT2D eigenvalue weighted by molar-refractivity contribution is -0.113. The quantitative estimate of drug-likeness (QED) is 0.750. The maximum Gasteiger partial charge on any atom is 0.412 e. The molecule has 7 nitrogen and oxygen atoms in total. The van der Waals surface area contributed by atoms with Crippen molar-refractivity contribution >= 4 is 11.9 Å². The summed E-state index contributed by atoms with van der Waals surface area (Å²) in [6, 6.07) is 0. The first-order chi connectivity index (χ1) is 13.4. The number of likely N-dealkylation sites (N-methyl/N-ethyl adjacent to an activating group) is 1. The van der Waals surface area contributed by atoms with Crippen LogP contribution in [0, 0.1) is 0 Å². The number of halogens is 2. The lowest BCUT2D eigenvalue weighted by Crippen LogP contribution is -2.53. The lowest BCUT2D eigenvalue weighted by atomic mass is 10.1. The molecular formula is C20H27F2N3O4. The first-order valence-electron chi connectivity index (χ1n) is 9.09. The number of hydrogen-bond acceptors (Lipinski definition) is 6. The van der Waals surface area contributed by atoms with Crippen molar-refractivity contribution in [1.82, 2.24) is 15.1 Å². The van der Waals surface area contributed by atoms with Gasteiger partial charge in [0.05, 0.1) is 6.54 Å². The predicted molar refractivity (Wildman–Crippen MR) is 104 cm³/mol. The number of allylic oxidation sites excluding steroid dienone is 4. The van der Waals surface area contributed by atoms with Crippen molar-refractivity contribution in [3.05, 3.63) is 47.4 Å². The van der Waals surface area contributed by atoms with E-state index < -0.39 is 35.7 Å². The van der Waals surface area contributed by atoms with E-state index in [-0.39, 0.29) is 17.9 Å². The average molecular weight is 411 g/mol. The van der Waals surface area contributed by atoms with E-state index in [0.717, 1.165) is 17.2 Å². The van der Waals surface area contributed by atoms with Gasteiger partial charge < -0.3 is 19.7 Å². The first kappa shape index (κ1) is 22.6. The van der Waals surface area contributed by atoms with Gasteiger partial charge in [-0.1, -0.05) is 0 Å². The molecule has 160 valence electrons. The van der Waals surface area contributed by atoms with E-state index in [2.05, 4.69) is 5.32 Å². The molecule has 2 heterocycles. The largest absolute Gasteiger partial charge is 0.444 e. The molecule has 9 heteroatoms. The molecule has 0 saturated heterocycles. The molecule has 2 aliphatic rings. The third kappa shape index (κ3) is 5.66. The van der Waals surface area contributed by atoms with Gasteiger partial charge in [-0.05, 0) is 39.8 Å². The Morgan fingerprint density at radius 3 is 2.45 bits per heavy atom. The summed E-state index contributed by atoms with van der Waals surface area (Å²) >= 11 is 0. The molecule has 0 aliphatic carbocycles. The number of rotatable bonds is 5. The van der Waals surface area contributed by atoms with Gasteiger partial charge in [-0.15, -0.1) is 0 Å². The molecule has 2 rings (SSSR count). The van der Waals surface area contributed by atoms with Crippen LogP contribution in [-0.4, -0.2) is 60.4 Å². The smallest absolute Gasteiger partial charge is 0.412 e. The highest BCUT2D eigenvalue weighted by Gasteiger charge is 2.37. The van der Waals surface area contributed by atoms with Crippen LogP contribution >= 0.6 is 0 Å². The van der Waals surface area contributed by atoms with Crippen LogP contribution in [0.4, 0.5) is 13.6 Å². The fraction of sp³-hybridized carbons (Fsp3) is 0.500. The third-order valence-electron chi connectivity index (χ3n) is 4.22. The Balaban J connectivity index is 2.41. The summed E-state index contributed by atoms with van der Waals surface area (Å²) in [5.41, 5.74) is -0.276. The number of nitrogens with one attached hydrogen (secondary N) is 1. The Labute approximate surface area is 169 Å². The standard InChI is InChI=1S/C20H27F2N3O4/c1-12(26)13-8-16(22)18(24(5)10-13)25(19(27)29-20(2,3)4)11-14-7-15(21)9-23-17(14)28-6/h7-10,17-18,23H,11H2,1-6H3. The van der Waals surface area contributed by atoms with Crippen molar-refractivity contribution in [2.24, 2.45) is 0 Å². The summed E-state index contributed by atoms with van der Waals surface area (Å²) in [5.74, 6) is -1.57. The van der Waals surface area contributed by atoms with Gasteiger partial charge in [0, 0.05) is 37.7 Å². The van der Waals surface area contributed by atoms with Gasteiger partial charge in [0.1, 0.15) is 17.3 Å². The van der Waals surface area contributed by atoms with Gasteiger partial charge in [-0.25, -0.2) is 13.6 Å². The van der Waals surface area contributed by atoms with E-state index in [0.29, 0.717) is 5.57 Å². The van der Waals surface area contributed by atoms with Gasteiger partial charge in [0.25, 0.3) is 0 Å². The summed E-state index contributed by atoms with van der Waals surface area (Å²) < 4.78 is 39.5. The van der Waals surface area contributed by atoms with Crippen LogP contribution in [0.25, 0.3) is 0 Å². The normalized spacial score (nSPS) is 22.0. The summed E-state index contributed by atoms with van der Waals surface area (Å²) in [6.45, 7) is 6.23. The number of amides is 1. The number of carbonyl (C=O) groups excluding carboxylic acids is 2. The van der Waals surface area contributed by atoms with Crippen LogP contribution in [-0.2, 0) is 14.3 Å². The second kappa shape index (κ2) is 8.77. The zero-order chi connectivity index (χ0) is 21.9. The van der Waals surface area contributed by atoms with Crippen molar-refractivity contribution in [1.29, 1.82) is 0 Å². The molecule has 0 saturated carbocycles. The van der Waals surface area contributed by atoms with Crippen LogP contribution in [0.1, 0.15) is 27.7 Å². The Kier molecular flexibility index (Phi) is 6.84. The first-order valence-corrected chi connectivity index (χ1v) is 9.09. The highest BCUT2D eigenvalue weighted by atomic mass is 19.1. The highest BCUT2D eigenvalue weighted by Crippen LogP contribution is 2.27. The van der Waals surface area contributed by atoms with Crippen LogP contribution in [0.3, 0.4) is 0 Å². The number of ketones is 1. The SMILES string of the molecule is COC1NC=C(F)C=C1CN(C(=O)OC(C)(C)C)C1C(F)=CC(C(C)=O)=CN1C. The molecule has 1 N–H and O–H groups in total. The second-order valence-electron chi connectivity index (χ2n) is 7.85. The minimum Gasteiger partial charge on any atom is -0.444 e. The van der Waals surface area contributed by atoms with Crippen LogP contribution in [0.15, 0.2) is 47.4 Å². The molecule has 0 aromatic carbocycles. The molecule has 0 aromatic heterocycles. The van der Waals surface area contributed by atoms with Crippen molar-refractivity contribution in [2.75, 3.05) is 20.7 Å². The maximum absolute atomic E-state index is 15.0. The zero-order valence-corrected chi connectivity index (χ0v) is 17.5. The second-order valence-corrected chi connectivity index (χ2v) is 7.85. The molecule has 2 unspecified atom stereocenters. The van der Waals surface area contributed by atoms with Gasteiger partial charge in [0.2, 0.25) is 0 Å². The van der Waals surface area contributed by atoms with Gasteiger partial charge in [0.15, 0.2) is 18.2 Å². The van der Waals surface area contributed by atoms with E-state index in [1.54, 1.807) is 27.8 Å². The number of methoxy groups -OCH3 is 1. The van der Waals surface area contributed by atoms with Gasteiger partial charge in [-0.2, -0.15) is 0 Å². The predicted octanol–water partition coefficient (Wildman–Crippen LogP) is 3.13. The van der Waals surface area contributed by atoms with E-state index in [1.807, 2.05) is 0 Å². The minimum atomic E-state index is -1.17. The molecule has 0 bridgehead atoms. The fourth-order valence-corrected chi connectivity index (χ4v) is 2.98. The maximum atomic E-state index is 15.0. The van der Waals surface area contributed by atoms with Gasteiger partial charge in [-0.3, -0.25) is 9.69 Å². The molecule has 0 aromatic rings. The fourth-order valence-electron chi connectivity index (χ4n) is 2.98. The molecule has 1 amide bonds. The molecule has 2 atom stereocenters. The number of carbonyl (C=O) groups is 2. The Morgan fingerprint density at radius 1 is 1.28 bits per heavy atom. The van der Waals surface area contributed by atoms with E-state index in [1.165, 1.54) is 31.2 Å². The van der Waals surface area contributed by atoms with E-state index >= 15 is 0 Å². The number of hydrogen-bond donors (Lipinski definition) is 1. The molecule has 0 fully saturated rings. The zero-order valence-electron chi connectivity index (χ0n) is 17.5. The number of Topliss-reactive ketones (excluding diaryl/α,β-unsaturated/α-hetero) is 1. The molecular weight excluding hydrogens is 384 g/mol. The number of dihydropyridines is 1. The number of ether oxygens (including phenoxy) is 2. The van der Waals surface area contributed by atoms with Gasteiger partial charge >= 0.3 is 6.09 Å². The Morgan fingerprint density at radius 2 is 1.93 bits per heavy atom. The topological polar surface area (TPSA) is 71.1 Å². The van der Waals surface area contributed by atoms with Crippen LogP contribution in [0.5, 0.6) is 0 Å². The lowest BCUT2D eigenvalue weighted by Gasteiger charge is -2.40. The minimum absolute atomic E-state index is 0.165. The molecule has 29 heavy (non-hydrogen) atoms. The Hall–Kier alpha value is -2.68. The van der Waals surface area contributed by atoms with Crippen molar-refractivity contribution in [2.45, 2.75) is 45.7 Å². The average Bonchev–Trinajstić information content (AvgIpc) is 2.58. The molecule has 2 aliphatic heterocycles. The monoisotopic (exact) mass is 411 g/mol. The molecule has 0 spiro atoms. The van der Waals surface area contributed by atoms with Crippen molar-refractivity contribution in [3.63, 3.8) is 0 Å². The van der Waals surface area contributed by atoms with Crippen LogP contribution in [0.2, 0.25) is 0 Å². The summed E-state index contributed by atoms with van der Waals surface area (Å²) in [4.78, 5) is 27.1. The van der Waals surface area contributed by atoms with E-state index in [4.69, 9.17) is 9.47 Å². The van der Waals surface area contributed by atoms with Crippen molar-refractivity contribution < 1.29 is 27.8 Å². The highest BCUT2D eigenvalue weighted by molar-refractivity contribution is 5.96. The summed E-state index contributed by atoms with van der Waals surface area (Å²) in [5, 5.41) is 2.72. The number of nitrogens with zero attached hydrogens (tertiary/aromatic N) is 2. The van der Waals surface area contributed by atoms with E-state index in [9.17, 15) is 18.4 Å².